The minimum absolute atomic E-state index is 0.154. The van der Waals surface area contributed by atoms with Crippen LogP contribution in [0.2, 0.25) is 0 Å². The number of carbonyl (C=O) groups excluding carboxylic acids is 1. The molecule has 0 aliphatic rings. The van der Waals surface area contributed by atoms with Crippen molar-refractivity contribution in [3.8, 4) is 16.3 Å². The highest BCUT2D eigenvalue weighted by molar-refractivity contribution is 7.21. The summed E-state index contributed by atoms with van der Waals surface area (Å²) in [6.45, 7) is 2.78. The number of anilines is 1. The number of para-hydroxylation sites is 1. The van der Waals surface area contributed by atoms with Crippen molar-refractivity contribution in [1.29, 1.82) is 0 Å². The SMILES string of the molecule is CCCCOc1cccc(C(=O)Nc2ccc(-c3nc4ccccc4s3)cc2)c1. The number of ether oxygens (including phenoxy) is 1. The number of aromatic nitrogens is 1. The molecule has 3 aromatic carbocycles. The fourth-order valence-electron chi connectivity index (χ4n) is 2.96. The lowest BCUT2D eigenvalue weighted by atomic mass is 10.1. The van der Waals surface area contributed by atoms with Gasteiger partial charge in [0.1, 0.15) is 10.8 Å². The van der Waals surface area contributed by atoms with E-state index in [1.807, 2.05) is 54.6 Å². The summed E-state index contributed by atoms with van der Waals surface area (Å²) in [5.41, 5.74) is 3.37. The lowest BCUT2D eigenvalue weighted by molar-refractivity contribution is 0.102. The third-order valence-corrected chi connectivity index (χ3v) is 5.63. The first-order valence-corrected chi connectivity index (χ1v) is 10.5. The molecule has 1 amide bonds. The van der Waals surface area contributed by atoms with Gasteiger partial charge in [-0.3, -0.25) is 4.79 Å². The number of nitrogens with one attached hydrogen (secondary N) is 1. The van der Waals surface area contributed by atoms with E-state index in [2.05, 4.69) is 23.3 Å². The zero-order valence-electron chi connectivity index (χ0n) is 16.2. The molecule has 1 N–H and O–H groups in total. The van der Waals surface area contributed by atoms with Gasteiger partial charge in [-0.05, 0) is 61.0 Å². The molecule has 0 aliphatic carbocycles. The summed E-state index contributed by atoms with van der Waals surface area (Å²) < 4.78 is 6.86. The molecular formula is C24H22N2O2S. The van der Waals surface area contributed by atoms with Crippen LogP contribution >= 0.6 is 11.3 Å². The number of nitrogens with zero attached hydrogens (tertiary/aromatic N) is 1. The van der Waals surface area contributed by atoms with Gasteiger partial charge in [-0.2, -0.15) is 0 Å². The Bertz CT molecular complexity index is 1090. The Kier molecular flexibility index (Phi) is 5.86. The average Bonchev–Trinajstić information content (AvgIpc) is 3.19. The summed E-state index contributed by atoms with van der Waals surface area (Å²) in [6.07, 6.45) is 2.07. The minimum atomic E-state index is -0.154. The number of carbonyl (C=O) groups is 1. The first kappa shape index (κ1) is 19.2. The Hall–Kier alpha value is -3.18. The van der Waals surface area contributed by atoms with Crippen LogP contribution in [0.1, 0.15) is 30.1 Å². The van der Waals surface area contributed by atoms with Gasteiger partial charge in [-0.25, -0.2) is 4.98 Å². The van der Waals surface area contributed by atoms with Crippen molar-refractivity contribution in [2.45, 2.75) is 19.8 Å². The van der Waals surface area contributed by atoms with E-state index in [-0.39, 0.29) is 5.91 Å². The van der Waals surface area contributed by atoms with E-state index >= 15 is 0 Å². The highest BCUT2D eigenvalue weighted by atomic mass is 32.1. The maximum absolute atomic E-state index is 12.6. The van der Waals surface area contributed by atoms with Gasteiger partial charge in [-0.1, -0.05) is 31.5 Å². The third-order valence-electron chi connectivity index (χ3n) is 4.55. The highest BCUT2D eigenvalue weighted by Gasteiger charge is 2.09. The van der Waals surface area contributed by atoms with E-state index in [1.54, 1.807) is 23.5 Å². The van der Waals surface area contributed by atoms with Crippen LogP contribution in [-0.2, 0) is 0 Å². The molecule has 0 bridgehead atoms. The zero-order valence-corrected chi connectivity index (χ0v) is 17.0. The summed E-state index contributed by atoms with van der Waals surface area (Å²) >= 11 is 1.66. The Morgan fingerprint density at radius 1 is 1.03 bits per heavy atom. The number of hydrogen-bond donors (Lipinski definition) is 1. The van der Waals surface area contributed by atoms with E-state index < -0.39 is 0 Å². The van der Waals surface area contributed by atoms with Gasteiger partial charge < -0.3 is 10.1 Å². The smallest absolute Gasteiger partial charge is 0.255 e. The van der Waals surface area contributed by atoms with Crippen LogP contribution in [0.4, 0.5) is 5.69 Å². The maximum atomic E-state index is 12.6. The van der Waals surface area contributed by atoms with Gasteiger partial charge in [0.25, 0.3) is 5.91 Å². The molecule has 1 heterocycles. The molecule has 0 radical (unpaired) electrons. The maximum Gasteiger partial charge on any atom is 0.255 e. The Morgan fingerprint density at radius 3 is 2.66 bits per heavy atom. The molecule has 1 aromatic heterocycles. The molecule has 0 saturated heterocycles. The Balaban J connectivity index is 1.44. The summed E-state index contributed by atoms with van der Waals surface area (Å²) in [5, 5.41) is 3.92. The van der Waals surface area contributed by atoms with Gasteiger partial charge in [-0.15, -0.1) is 11.3 Å². The highest BCUT2D eigenvalue weighted by Crippen LogP contribution is 2.30. The van der Waals surface area contributed by atoms with Crippen molar-refractivity contribution in [3.05, 3.63) is 78.4 Å². The fraction of sp³-hybridized carbons (Fsp3) is 0.167. The second-order valence-electron chi connectivity index (χ2n) is 6.75. The third kappa shape index (κ3) is 4.63. The van der Waals surface area contributed by atoms with E-state index in [0.717, 1.165) is 40.4 Å². The summed E-state index contributed by atoms with van der Waals surface area (Å²) in [5.74, 6) is 0.566. The molecular weight excluding hydrogens is 380 g/mol. The molecule has 0 atom stereocenters. The second kappa shape index (κ2) is 8.88. The first-order chi connectivity index (χ1) is 14.2. The number of unbranched alkanes of at least 4 members (excludes halogenated alkanes) is 1. The molecule has 4 nitrogen and oxygen atoms in total. The number of thiazole rings is 1. The van der Waals surface area contributed by atoms with Crippen LogP contribution in [0.25, 0.3) is 20.8 Å². The topological polar surface area (TPSA) is 51.2 Å². The van der Waals surface area contributed by atoms with Crippen LogP contribution in [0.15, 0.2) is 72.8 Å². The van der Waals surface area contributed by atoms with Crippen LogP contribution in [-0.4, -0.2) is 17.5 Å². The number of hydrogen-bond acceptors (Lipinski definition) is 4. The number of amides is 1. The quantitative estimate of drug-likeness (QED) is 0.364. The number of rotatable bonds is 7. The first-order valence-electron chi connectivity index (χ1n) is 9.73. The predicted molar refractivity (Wildman–Crippen MR) is 120 cm³/mol. The standard InChI is InChI=1S/C24H22N2O2S/c1-2-3-15-28-20-8-6-7-18(16-20)23(27)25-19-13-11-17(12-14-19)24-26-21-9-4-5-10-22(21)29-24/h4-14,16H,2-3,15H2,1H3,(H,25,27). The van der Waals surface area contributed by atoms with E-state index in [9.17, 15) is 4.79 Å². The summed E-state index contributed by atoms with van der Waals surface area (Å²) in [4.78, 5) is 17.3. The van der Waals surface area contributed by atoms with Gasteiger partial charge in [0.2, 0.25) is 0 Å². The minimum Gasteiger partial charge on any atom is -0.494 e. The molecule has 4 rings (SSSR count). The fourth-order valence-corrected chi connectivity index (χ4v) is 3.93. The normalized spacial score (nSPS) is 10.8. The molecule has 0 saturated carbocycles. The molecule has 0 aliphatic heterocycles. The van der Waals surface area contributed by atoms with Crippen LogP contribution < -0.4 is 10.1 Å². The van der Waals surface area contributed by atoms with Gasteiger partial charge in [0.05, 0.1) is 16.8 Å². The summed E-state index contributed by atoms with van der Waals surface area (Å²) in [6, 6.07) is 23.2. The lowest BCUT2D eigenvalue weighted by Crippen LogP contribution is -2.12. The van der Waals surface area contributed by atoms with Crippen molar-refractivity contribution in [2.24, 2.45) is 0 Å². The zero-order chi connectivity index (χ0) is 20.1. The van der Waals surface area contributed by atoms with Crippen molar-refractivity contribution in [2.75, 3.05) is 11.9 Å². The summed E-state index contributed by atoms with van der Waals surface area (Å²) in [7, 11) is 0. The molecule has 5 heteroatoms. The van der Waals surface area contributed by atoms with Crippen LogP contribution in [0, 0.1) is 0 Å². The van der Waals surface area contributed by atoms with Crippen LogP contribution in [0.5, 0.6) is 5.75 Å². The van der Waals surface area contributed by atoms with Gasteiger partial charge in [0.15, 0.2) is 0 Å². The molecule has 4 aromatic rings. The Morgan fingerprint density at radius 2 is 1.86 bits per heavy atom. The molecule has 0 fully saturated rings. The van der Waals surface area contributed by atoms with E-state index in [0.29, 0.717) is 12.2 Å². The molecule has 146 valence electrons. The van der Waals surface area contributed by atoms with Gasteiger partial charge >= 0.3 is 0 Å². The average molecular weight is 403 g/mol. The molecule has 29 heavy (non-hydrogen) atoms. The van der Waals surface area contributed by atoms with Gasteiger partial charge in [0, 0.05) is 16.8 Å². The largest absolute Gasteiger partial charge is 0.494 e. The number of fused-ring (bicyclic) bond motifs is 1. The van der Waals surface area contributed by atoms with Crippen LogP contribution in [0.3, 0.4) is 0 Å². The predicted octanol–water partition coefficient (Wildman–Crippen LogP) is 6.39. The Labute approximate surface area is 174 Å². The van der Waals surface area contributed by atoms with Crippen molar-refractivity contribution in [3.63, 3.8) is 0 Å². The molecule has 0 spiro atoms. The molecule has 0 unspecified atom stereocenters. The second-order valence-corrected chi connectivity index (χ2v) is 7.78. The van der Waals surface area contributed by atoms with E-state index in [4.69, 9.17) is 4.74 Å². The van der Waals surface area contributed by atoms with E-state index in [1.165, 1.54) is 4.70 Å². The van der Waals surface area contributed by atoms with Crippen molar-refractivity contribution >= 4 is 33.1 Å². The number of benzene rings is 3. The monoisotopic (exact) mass is 402 g/mol. The lowest BCUT2D eigenvalue weighted by Gasteiger charge is -2.09. The van der Waals surface area contributed by atoms with Crippen molar-refractivity contribution < 1.29 is 9.53 Å². The van der Waals surface area contributed by atoms with Crippen molar-refractivity contribution in [1.82, 2.24) is 4.98 Å².